The molecule has 0 spiro atoms. The van der Waals surface area contributed by atoms with Gasteiger partial charge in [0, 0.05) is 14.1 Å². The summed E-state index contributed by atoms with van der Waals surface area (Å²) in [6.45, 7) is 0. The van der Waals surface area contributed by atoms with Crippen LogP contribution in [0, 0.1) is 0 Å². The van der Waals surface area contributed by atoms with Crippen LogP contribution in [-0.2, 0) is 10.4 Å². The molecule has 0 unspecified atom stereocenters. The van der Waals surface area contributed by atoms with E-state index in [0.29, 0.717) is 11.5 Å². The van der Waals surface area contributed by atoms with Crippen molar-refractivity contribution < 1.29 is 27.7 Å². The van der Waals surface area contributed by atoms with Crippen molar-refractivity contribution in [1.82, 2.24) is 0 Å². The van der Waals surface area contributed by atoms with Gasteiger partial charge in [-0.15, -0.1) is 0 Å². The summed E-state index contributed by atoms with van der Waals surface area (Å²) in [6, 6.07) is 14.2. The number of hydrogen-bond acceptors (Lipinski definition) is 6. The molecule has 0 aliphatic carbocycles. The lowest BCUT2D eigenvalue weighted by Crippen LogP contribution is -1.89. The summed E-state index contributed by atoms with van der Waals surface area (Å²) in [6.07, 6.45) is 0. The van der Waals surface area contributed by atoms with Crippen molar-refractivity contribution in [2.45, 2.75) is 0 Å². The number of aromatic hydroxyl groups is 2. The van der Waals surface area contributed by atoms with Crippen LogP contribution in [0.4, 0.5) is 11.4 Å². The lowest BCUT2D eigenvalue weighted by molar-refractivity contribution is 0.381. The quantitative estimate of drug-likeness (QED) is 0.360. The second-order valence-corrected chi connectivity index (χ2v) is 4.88. The zero-order valence-corrected chi connectivity index (χ0v) is 13.4. The van der Waals surface area contributed by atoms with Crippen LogP contribution in [-0.4, -0.2) is 41.8 Å². The molecule has 0 fully saturated rings. The first-order valence-corrected chi connectivity index (χ1v) is 7.70. The van der Waals surface area contributed by atoms with Crippen molar-refractivity contribution in [2.75, 3.05) is 24.7 Å². The molecule has 0 saturated heterocycles. The van der Waals surface area contributed by atoms with Crippen LogP contribution in [0.5, 0.6) is 11.5 Å². The average Bonchev–Trinajstić information content (AvgIpc) is 2.47. The van der Waals surface area contributed by atoms with Crippen LogP contribution >= 0.6 is 0 Å². The fourth-order valence-electron chi connectivity index (χ4n) is 1.37. The first-order valence-electron chi connectivity index (χ1n) is 6.30. The SMILES string of the molecule is CNc1ccccc1O.CNc1ccccc1O.O=S(=O)(O)O. The molecule has 0 saturated carbocycles. The standard InChI is InChI=1S/2C7H9NO.H2O4S/c2*1-8-6-4-2-3-5-7(6)9;1-5(2,3)4/h2*2-5,8-9H,1H3;(H2,1,2,3,4). The van der Waals surface area contributed by atoms with Crippen LogP contribution in [0.2, 0.25) is 0 Å². The maximum Gasteiger partial charge on any atom is 0.394 e. The smallest absolute Gasteiger partial charge is 0.394 e. The van der Waals surface area contributed by atoms with Crippen LogP contribution in [0.3, 0.4) is 0 Å². The van der Waals surface area contributed by atoms with Gasteiger partial charge in [-0.05, 0) is 24.3 Å². The molecule has 0 aromatic heterocycles. The molecule has 0 aliphatic heterocycles. The normalized spacial score (nSPS) is 9.57. The largest absolute Gasteiger partial charge is 0.506 e. The topological polar surface area (TPSA) is 139 Å². The molecule has 23 heavy (non-hydrogen) atoms. The Bertz CT molecular complexity index is 638. The molecule has 128 valence electrons. The van der Waals surface area contributed by atoms with Crippen molar-refractivity contribution in [3.05, 3.63) is 48.5 Å². The highest BCUT2D eigenvalue weighted by atomic mass is 32.3. The summed E-state index contributed by atoms with van der Waals surface area (Å²) < 4.78 is 31.6. The number of phenols is 2. The molecule has 2 aromatic rings. The average molecular weight is 344 g/mol. The Balaban J connectivity index is 0.000000332. The predicted molar refractivity (Wildman–Crippen MR) is 89.5 cm³/mol. The van der Waals surface area contributed by atoms with E-state index in [1.165, 1.54) is 0 Å². The maximum atomic E-state index is 9.05. The minimum atomic E-state index is -4.67. The second-order valence-electron chi connectivity index (χ2n) is 3.98. The van der Waals surface area contributed by atoms with E-state index >= 15 is 0 Å². The van der Waals surface area contributed by atoms with E-state index in [1.54, 1.807) is 38.4 Å². The van der Waals surface area contributed by atoms with Gasteiger partial charge in [0.05, 0.1) is 11.4 Å². The van der Waals surface area contributed by atoms with Crippen LogP contribution < -0.4 is 10.6 Å². The Morgan fingerprint density at radius 3 is 1.17 bits per heavy atom. The summed E-state index contributed by atoms with van der Waals surface area (Å²) in [7, 11) is -1.12. The molecule has 2 rings (SSSR count). The minimum absolute atomic E-state index is 0.292. The van der Waals surface area contributed by atoms with Crippen LogP contribution in [0.15, 0.2) is 48.5 Å². The van der Waals surface area contributed by atoms with Gasteiger partial charge in [-0.2, -0.15) is 8.42 Å². The number of benzene rings is 2. The van der Waals surface area contributed by atoms with Crippen molar-refractivity contribution in [1.29, 1.82) is 0 Å². The Morgan fingerprint density at radius 1 is 0.739 bits per heavy atom. The first-order chi connectivity index (χ1) is 10.7. The minimum Gasteiger partial charge on any atom is -0.506 e. The van der Waals surface area contributed by atoms with Crippen molar-refractivity contribution >= 4 is 21.8 Å². The molecular weight excluding hydrogens is 324 g/mol. The van der Waals surface area contributed by atoms with Gasteiger partial charge in [-0.3, -0.25) is 9.11 Å². The summed E-state index contributed by atoms with van der Waals surface area (Å²) in [5.41, 5.74) is 1.52. The molecule has 0 bridgehead atoms. The summed E-state index contributed by atoms with van der Waals surface area (Å²) in [4.78, 5) is 0. The fourth-order valence-corrected chi connectivity index (χ4v) is 1.37. The summed E-state index contributed by atoms with van der Waals surface area (Å²) in [5, 5.41) is 23.8. The molecule has 0 radical (unpaired) electrons. The number of nitrogens with one attached hydrogen (secondary N) is 2. The third-order valence-corrected chi connectivity index (χ3v) is 2.35. The number of hydrogen-bond donors (Lipinski definition) is 6. The molecule has 9 heteroatoms. The zero-order valence-electron chi connectivity index (χ0n) is 12.6. The molecule has 0 aliphatic rings. The van der Waals surface area contributed by atoms with Crippen LogP contribution in [0.25, 0.3) is 0 Å². The van der Waals surface area contributed by atoms with Crippen molar-refractivity contribution in [3.63, 3.8) is 0 Å². The lowest BCUT2D eigenvalue weighted by atomic mass is 10.3. The predicted octanol–water partition coefficient (Wildman–Crippen LogP) is 2.21. The highest BCUT2D eigenvalue weighted by Gasteiger charge is 1.92. The van der Waals surface area contributed by atoms with Gasteiger partial charge >= 0.3 is 10.4 Å². The summed E-state index contributed by atoms with van der Waals surface area (Å²) in [5.74, 6) is 0.583. The third kappa shape index (κ3) is 10.8. The Labute approximate surface area is 135 Å². The Hall–Kier alpha value is -2.49. The van der Waals surface area contributed by atoms with Gasteiger partial charge < -0.3 is 20.8 Å². The fraction of sp³-hybridized carbons (Fsp3) is 0.143. The van der Waals surface area contributed by atoms with Gasteiger partial charge in [-0.1, -0.05) is 24.3 Å². The van der Waals surface area contributed by atoms with E-state index < -0.39 is 10.4 Å². The number of anilines is 2. The van der Waals surface area contributed by atoms with Gasteiger partial charge in [0.25, 0.3) is 0 Å². The molecule has 0 amide bonds. The first kappa shape index (κ1) is 20.5. The van der Waals surface area contributed by atoms with E-state index in [1.807, 2.05) is 24.3 Å². The third-order valence-electron chi connectivity index (χ3n) is 2.35. The zero-order chi connectivity index (χ0) is 17.9. The van der Waals surface area contributed by atoms with Gasteiger partial charge in [0.15, 0.2) is 0 Å². The number of phenolic OH excluding ortho intramolecular Hbond substituents is 2. The Morgan fingerprint density at radius 2 is 1.00 bits per heavy atom. The van der Waals surface area contributed by atoms with Crippen molar-refractivity contribution in [2.24, 2.45) is 0 Å². The van der Waals surface area contributed by atoms with E-state index in [-0.39, 0.29) is 0 Å². The second kappa shape index (κ2) is 10.3. The Kier molecular flexibility index (Phi) is 9.16. The highest BCUT2D eigenvalue weighted by Crippen LogP contribution is 2.20. The molecule has 6 N–H and O–H groups in total. The van der Waals surface area contributed by atoms with E-state index in [9.17, 15) is 0 Å². The van der Waals surface area contributed by atoms with E-state index in [4.69, 9.17) is 27.7 Å². The van der Waals surface area contributed by atoms with Gasteiger partial charge in [-0.25, -0.2) is 0 Å². The van der Waals surface area contributed by atoms with Gasteiger partial charge in [0.1, 0.15) is 11.5 Å². The summed E-state index contributed by atoms with van der Waals surface area (Å²) >= 11 is 0. The molecule has 0 atom stereocenters. The highest BCUT2D eigenvalue weighted by molar-refractivity contribution is 7.79. The van der Waals surface area contributed by atoms with Crippen LogP contribution in [0.1, 0.15) is 0 Å². The molecular formula is C14H20N2O6S. The number of rotatable bonds is 2. The van der Waals surface area contributed by atoms with E-state index in [2.05, 4.69) is 10.6 Å². The number of para-hydroxylation sites is 4. The molecule has 8 nitrogen and oxygen atoms in total. The molecule has 0 heterocycles. The van der Waals surface area contributed by atoms with E-state index in [0.717, 1.165) is 11.4 Å². The van der Waals surface area contributed by atoms with Gasteiger partial charge in [0.2, 0.25) is 0 Å². The lowest BCUT2D eigenvalue weighted by Gasteiger charge is -1.99. The molecule has 2 aromatic carbocycles. The maximum absolute atomic E-state index is 9.05. The monoisotopic (exact) mass is 344 g/mol. The van der Waals surface area contributed by atoms with Crippen molar-refractivity contribution in [3.8, 4) is 11.5 Å².